The minimum Gasteiger partial charge on any atom is -0.494 e. The first-order valence-electron chi connectivity index (χ1n) is 7.06. The SMILES string of the molecule is COc1ccc(CC(NN)C2(OC)CCOCC2)cc1F. The van der Waals surface area contributed by atoms with E-state index >= 15 is 0 Å². The Balaban J connectivity index is 2.16. The van der Waals surface area contributed by atoms with E-state index in [2.05, 4.69) is 5.43 Å². The number of halogens is 1. The van der Waals surface area contributed by atoms with Crippen molar-refractivity contribution in [1.29, 1.82) is 0 Å². The van der Waals surface area contributed by atoms with E-state index in [9.17, 15) is 4.39 Å². The summed E-state index contributed by atoms with van der Waals surface area (Å²) in [5.74, 6) is 5.59. The molecule has 1 fully saturated rings. The number of nitrogens with one attached hydrogen (secondary N) is 1. The molecule has 0 aliphatic carbocycles. The molecular weight excluding hydrogens is 275 g/mol. The van der Waals surface area contributed by atoms with Crippen molar-refractivity contribution in [2.45, 2.75) is 30.9 Å². The van der Waals surface area contributed by atoms with Gasteiger partial charge in [0.2, 0.25) is 0 Å². The van der Waals surface area contributed by atoms with E-state index in [1.807, 2.05) is 6.07 Å². The third kappa shape index (κ3) is 3.52. The summed E-state index contributed by atoms with van der Waals surface area (Å²) < 4.78 is 29.9. The second kappa shape index (κ2) is 7.17. The summed E-state index contributed by atoms with van der Waals surface area (Å²) >= 11 is 0. The van der Waals surface area contributed by atoms with Crippen LogP contribution in [0.3, 0.4) is 0 Å². The second-order valence-corrected chi connectivity index (χ2v) is 5.27. The third-order valence-corrected chi connectivity index (χ3v) is 4.24. The molecule has 21 heavy (non-hydrogen) atoms. The summed E-state index contributed by atoms with van der Waals surface area (Å²) in [5, 5.41) is 0. The van der Waals surface area contributed by atoms with Gasteiger partial charge in [0.05, 0.1) is 18.8 Å². The van der Waals surface area contributed by atoms with Crippen LogP contribution in [0.25, 0.3) is 0 Å². The molecule has 1 aromatic carbocycles. The number of benzene rings is 1. The Morgan fingerprint density at radius 2 is 2.10 bits per heavy atom. The van der Waals surface area contributed by atoms with Crippen molar-refractivity contribution < 1.29 is 18.6 Å². The number of methoxy groups -OCH3 is 2. The number of hydrogen-bond donors (Lipinski definition) is 2. The molecule has 5 nitrogen and oxygen atoms in total. The molecule has 2 rings (SSSR count). The molecule has 0 radical (unpaired) electrons. The van der Waals surface area contributed by atoms with Gasteiger partial charge in [-0.15, -0.1) is 0 Å². The van der Waals surface area contributed by atoms with Gasteiger partial charge < -0.3 is 14.2 Å². The summed E-state index contributed by atoms with van der Waals surface area (Å²) in [7, 11) is 3.13. The Hall–Kier alpha value is -1.21. The second-order valence-electron chi connectivity index (χ2n) is 5.27. The van der Waals surface area contributed by atoms with E-state index in [4.69, 9.17) is 20.1 Å². The van der Waals surface area contributed by atoms with Crippen molar-refractivity contribution in [3.63, 3.8) is 0 Å². The Morgan fingerprint density at radius 3 is 2.62 bits per heavy atom. The predicted octanol–water partition coefficient (Wildman–Crippen LogP) is 1.40. The van der Waals surface area contributed by atoms with Crippen molar-refractivity contribution in [3.8, 4) is 5.75 Å². The highest BCUT2D eigenvalue weighted by Gasteiger charge is 2.40. The normalized spacial score (nSPS) is 19.2. The van der Waals surface area contributed by atoms with Gasteiger partial charge in [-0.1, -0.05) is 6.07 Å². The van der Waals surface area contributed by atoms with Gasteiger partial charge in [0.15, 0.2) is 11.6 Å². The molecule has 1 unspecified atom stereocenters. The number of hydrazine groups is 1. The average molecular weight is 298 g/mol. The molecule has 1 aliphatic rings. The Morgan fingerprint density at radius 1 is 1.38 bits per heavy atom. The average Bonchev–Trinajstić information content (AvgIpc) is 2.53. The molecule has 0 bridgehead atoms. The Kier molecular flexibility index (Phi) is 5.52. The van der Waals surface area contributed by atoms with Crippen LogP contribution in [0.15, 0.2) is 18.2 Å². The van der Waals surface area contributed by atoms with Gasteiger partial charge in [-0.2, -0.15) is 0 Å². The first-order valence-corrected chi connectivity index (χ1v) is 7.06. The van der Waals surface area contributed by atoms with Crippen molar-refractivity contribution in [1.82, 2.24) is 5.43 Å². The summed E-state index contributed by atoms with van der Waals surface area (Å²) in [6, 6.07) is 4.84. The highest BCUT2D eigenvalue weighted by molar-refractivity contribution is 5.30. The summed E-state index contributed by atoms with van der Waals surface area (Å²) in [4.78, 5) is 0. The minimum atomic E-state index is -0.386. The largest absolute Gasteiger partial charge is 0.494 e. The van der Waals surface area contributed by atoms with Crippen LogP contribution in [-0.2, 0) is 15.9 Å². The van der Waals surface area contributed by atoms with Crippen LogP contribution in [-0.4, -0.2) is 39.1 Å². The highest BCUT2D eigenvalue weighted by atomic mass is 19.1. The molecule has 0 aromatic heterocycles. The van der Waals surface area contributed by atoms with Crippen molar-refractivity contribution >= 4 is 0 Å². The molecule has 6 heteroatoms. The summed E-state index contributed by atoms with van der Waals surface area (Å²) in [5.41, 5.74) is 3.29. The first kappa shape index (κ1) is 16.2. The van der Waals surface area contributed by atoms with Crippen LogP contribution in [0, 0.1) is 5.82 Å². The van der Waals surface area contributed by atoms with Crippen LogP contribution >= 0.6 is 0 Å². The van der Waals surface area contributed by atoms with E-state index in [1.54, 1.807) is 13.2 Å². The smallest absolute Gasteiger partial charge is 0.165 e. The van der Waals surface area contributed by atoms with E-state index in [1.165, 1.54) is 13.2 Å². The molecule has 118 valence electrons. The lowest BCUT2D eigenvalue weighted by molar-refractivity contribution is -0.110. The lowest BCUT2D eigenvalue weighted by atomic mass is 9.83. The van der Waals surface area contributed by atoms with Crippen LogP contribution < -0.4 is 16.0 Å². The van der Waals surface area contributed by atoms with Crippen LogP contribution in [0.2, 0.25) is 0 Å². The standard InChI is InChI=1S/C15H23FN2O3/c1-19-13-4-3-11(9-12(13)16)10-14(18-17)15(20-2)5-7-21-8-6-15/h3-4,9,14,18H,5-8,10,17H2,1-2H3. The quantitative estimate of drug-likeness (QED) is 0.614. The predicted molar refractivity (Wildman–Crippen MR) is 77.6 cm³/mol. The fourth-order valence-electron chi connectivity index (χ4n) is 2.88. The lowest BCUT2D eigenvalue weighted by Gasteiger charge is -2.42. The topological polar surface area (TPSA) is 65.7 Å². The minimum absolute atomic E-state index is 0.112. The van der Waals surface area contributed by atoms with E-state index in [0.717, 1.165) is 18.4 Å². The highest BCUT2D eigenvalue weighted by Crippen LogP contribution is 2.30. The maximum atomic E-state index is 13.8. The molecule has 1 saturated heterocycles. The van der Waals surface area contributed by atoms with Gasteiger partial charge in [-0.05, 0) is 24.1 Å². The van der Waals surface area contributed by atoms with Gasteiger partial charge >= 0.3 is 0 Å². The zero-order chi connectivity index (χ0) is 15.3. The third-order valence-electron chi connectivity index (χ3n) is 4.24. The molecular formula is C15H23FN2O3. The van der Waals surface area contributed by atoms with E-state index in [-0.39, 0.29) is 23.2 Å². The van der Waals surface area contributed by atoms with Gasteiger partial charge in [-0.3, -0.25) is 11.3 Å². The Bertz CT molecular complexity index is 464. The fraction of sp³-hybridized carbons (Fsp3) is 0.600. The maximum absolute atomic E-state index is 13.8. The monoisotopic (exact) mass is 298 g/mol. The Labute approximate surface area is 124 Å². The molecule has 0 saturated carbocycles. The molecule has 0 amide bonds. The molecule has 1 heterocycles. The molecule has 1 atom stereocenters. The number of nitrogens with two attached hydrogens (primary N) is 1. The van der Waals surface area contributed by atoms with Crippen molar-refractivity contribution in [2.75, 3.05) is 27.4 Å². The molecule has 1 aliphatic heterocycles. The van der Waals surface area contributed by atoms with Crippen LogP contribution in [0.4, 0.5) is 4.39 Å². The van der Waals surface area contributed by atoms with Crippen LogP contribution in [0.5, 0.6) is 5.75 Å². The maximum Gasteiger partial charge on any atom is 0.165 e. The van der Waals surface area contributed by atoms with Gasteiger partial charge in [0, 0.05) is 33.2 Å². The lowest BCUT2D eigenvalue weighted by Crippen LogP contribution is -2.58. The molecule has 3 N–H and O–H groups in total. The van der Waals surface area contributed by atoms with E-state index < -0.39 is 0 Å². The van der Waals surface area contributed by atoms with E-state index in [0.29, 0.717) is 19.6 Å². The summed E-state index contributed by atoms with van der Waals surface area (Å²) in [6.45, 7) is 1.28. The van der Waals surface area contributed by atoms with Crippen molar-refractivity contribution in [2.24, 2.45) is 5.84 Å². The van der Waals surface area contributed by atoms with Gasteiger partial charge in [-0.25, -0.2) is 4.39 Å². The zero-order valence-corrected chi connectivity index (χ0v) is 12.5. The number of ether oxygens (including phenoxy) is 3. The molecule has 1 aromatic rings. The number of hydrogen-bond acceptors (Lipinski definition) is 5. The molecule has 0 spiro atoms. The van der Waals surface area contributed by atoms with Gasteiger partial charge in [0.25, 0.3) is 0 Å². The zero-order valence-electron chi connectivity index (χ0n) is 12.5. The van der Waals surface area contributed by atoms with Crippen LogP contribution in [0.1, 0.15) is 18.4 Å². The fourth-order valence-corrected chi connectivity index (χ4v) is 2.88. The summed E-state index contributed by atoms with van der Waals surface area (Å²) in [6.07, 6.45) is 2.10. The van der Waals surface area contributed by atoms with Crippen molar-refractivity contribution in [3.05, 3.63) is 29.6 Å². The number of rotatable bonds is 6. The van der Waals surface area contributed by atoms with Gasteiger partial charge in [0.1, 0.15) is 0 Å². The first-order chi connectivity index (χ1) is 10.1.